The van der Waals surface area contributed by atoms with Crippen LogP contribution in [0.3, 0.4) is 0 Å². The van der Waals surface area contributed by atoms with Gasteiger partial charge in [-0.1, -0.05) is 12.1 Å². The van der Waals surface area contributed by atoms with Crippen molar-refractivity contribution in [3.63, 3.8) is 0 Å². The van der Waals surface area contributed by atoms with E-state index in [0.717, 1.165) is 17.0 Å². The molecule has 1 aromatic heterocycles. The van der Waals surface area contributed by atoms with Gasteiger partial charge in [0.05, 0.1) is 6.54 Å². The van der Waals surface area contributed by atoms with Gasteiger partial charge in [0, 0.05) is 23.5 Å². The first-order valence-electron chi connectivity index (χ1n) is 5.72. The largest absolute Gasteiger partial charge is 0.345 e. The number of hydrogen-bond donors (Lipinski definition) is 1. The minimum atomic E-state index is -0.180. The predicted molar refractivity (Wildman–Crippen MR) is 67.3 cm³/mol. The minimum absolute atomic E-state index is 0.180. The molecule has 0 amide bonds. The van der Waals surface area contributed by atoms with Crippen molar-refractivity contribution in [3.05, 3.63) is 58.7 Å². The van der Waals surface area contributed by atoms with E-state index in [1.807, 2.05) is 38.1 Å². The summed E-state index contributed by atoms with van der Waals surface area (Å²) in [5.74, 6) is -0.180. The summed E-state index contributed by atoms with van der Waals surface area (Å²) in [6, 6.07) is 9.30. The molecule has 1 heterocycles. The Morgan fingerprint density at radius 1 is 1.12 bits per heavy atom. The van der Waals surface area contributed by atoms with Gasteiger partial charge < -0.3 is 10.3 Å². The van der Waals surface area contributed by atoms with E-state index < -0.39 is 0 Å². The van der Waals surface area contributed by atoms with Gasteiger partial charge in [0.25, 0.3) is 0 Å². The monoisotopic (exact) mass is 232 g/mol. The van der Waals surface area contributed by atoms with Gasteiger partial charge in [-0.25, -0.2) is 4.39 Å². The van der Waals surface area contributed by atoms with Gasteiger partial charge in [-0.05, 0) is 37.6 Å². The molecule has 0 aliphatic heterocycles. The SMILES string of the molecule is Cc1ccc(C)n1Cc1ccc(CN)cc1F. The Balaban J connectivity index is 2.30. The molecule has 3 heteroatoms. The molecule has 0 saturated heterocycles. The molecule has 0 aliphatic rings. The van der Waals surface area contributed by atoms with E-state index in [1.54, 1.807) is 0 Å². The molecule has 2 rings (SSSR count). The first kappa shape index (κ1) is 11.9. The highest BCUT2D eigenvalue weighted by atomic mass is 19.1. The molecule has 0 bridgehead atoms. The van der Waals surface area contributed by atoms with Crippen LogP contribution in [0.25, 0.3) is 0 Å². The molecule has 0 fully saturated rings. The Bertz CT molecular complexity index is 510. The summed E-state index contributed by atoms with van der Waals surface area (Å²) in [5, 5.41) is 0. The molecule has 2 nitrogen and oxygen atoms in total. The van der Waals surface area contributed by atoms with Crippen molar-refractivity contribution in [2.75, 3.05) is 0 Å². The summed E-state index contributed by atoms with van der Waals surface area (Å²) in [5.41, 5.74) is 9.29. The van der Waals surface area contributed by atoms with E-state index in [9.17, 15) is 4.39 Å². The van der Waals surface area contributed by atoms with Crippen molar-refractivity contribution in [2.24, 2.45) is 5.73 Å². The maximum atomic E-state index is 13.8. The maximum Gasteiger partial charge on any atom is 0.128 e. The van der Waals surface area contributed by atoms with Crippen LogP contribution in [0, 0.1) is 19.7 Å². The van der Waals surface area contributed by atoms with Crippen LogP contribution in [0.5, 0.6) is 0 Å². The van der Waals surface area contributed by atoms with Crippen LogP contribution in [0.15, 0.2) is 30.3 Å². The second-order valence-corrected chi connectivity index (χ2v) is 4.33. The predicted octanol–water partition coefficient (Wildman–Crippen LogP) is 2.75. The highest BCUT2D eigenvalue weighted by Gasteiger charge is 2.07. The van der Waals surface area contributed by atoms with E-state index in [2.05, 4.69) is 4.57 Å². The summed E-state index contributed by atoms with van der Waals surface area (Å²) >= 11 is 0. The molecule has 90 valence electrons. The van der Waals surface area contributed by atoms with Gasteiger partial charge in [-0.15, -0.1) is 0 Å². The number of aryl methyl sites for hydroxylation is 2. The van der Waals surface area contributed by atoms with Crippen molar-refractivity contribution < 1.29 is 4.39 Å². The van der Waals surface area contributed by atoms with Crippen molar-refractivity contribution in [1.82, 2.24) is 4.57 Å². The fourth-order valence-corrected chi connectivity index (χ4v) is 1.97. The van der Waals surface area contributed by atoms with E-state index in [0.29, 0.717) is 18.7 Å². The molecule has 0 aliphatic carbocycles. The van der Waals surface area contributed by atoms with Gasteiger partial charge in [0.15, 0.2) is 0 Å². The summed E-state index contributed by atoms with van der Waals surface area (Å²) in [6.07, 6.45) is 0. The van der Waals surface area contributed by atoms with Crippen LogP contribution in [0.2, 0.25) is 0 Å². The van der Waals surface area contributed by atoms with Crippen molar-refractivity contribution in [1.29, 1.82) is 0 Å². The second kappa shape index (κ2) is 4.72. The third kappa shape index (κ3) is 2.39. The van der Waals surface area contributed by atoms with E-state index in [-0.39, 0.29) is 5.82 Å². The molecule has 17 heavy (non-hydrogen) atoms. The number of halogens is 1. The lowest BCUT2D eigenvalue weighted by Crippen LogP contribution is -2.06. The van der Waals surface area contributed by atoms with E-state index >= 15 is 0 Å². The zero-order chi connectivity index (χ0) is 12.4. The standard InChI is InChI=1S/C14H17FN2/c1-10-3-4-11(2)17(10)9-13-6-5-12(8-16)7-14(13)15/h3-7H,8-9,16H2,1-2H3. The molecule has 0 radical (unpaired) electrons. The van der Waals surface area contributed by atoms with Gasteiger partial charge in [-0.2, -0.15) is 0 Å². The van der Waals surface area contributed by atoms with Crippen molar-refractivity contribution in [3.8, 4) is 0 Å². The Morgan fingerprint density at radius 3 is 2.29 bits per heavy atom. The number of hydrogen-bond acceptors (Lipinski definition) is 1. The fourth-order valence-electron chi connectivity index (χ4n) is 1.97. The highest BCUT2D eigenvalue weighted by Crippen LogP contribution is 2.15. The number of rotatable bonds is 3. The molecule has 0 saturated carbocycles. The van der Waals surface area contributed by atoms with Gasteiger partial charge >= 0.3 is 0 Å². The Labute approximate surface area is 101 Å². The highest BCUT2D eigenvalue weighted by molar-refractivity contribution is 5.26. The normalized spacial score (nSPS) is 10.8. The third-order valence-electron chi connectivity index (χ3n) is 3.10. The Hall–Kier alpha value is -1.61. The summed E-state index contributed by atoms with van der Waals surface area (Å²) < 4.78 is 15.9. The second-order valence-electron chi connectivity index (χ2n) is 4.33. The molecule has 0 atom stereocenters. The molecule has 1 aromatic carbocycles. The number of aromatic nitrogens is 1. The quantitative estimate of drug-likeness (QED) is 0.866. The first-order chi connectivity index (χ1) is 8.11. The van der Waals surface area contributed by atoms with Crippen LogP contribution in [-0.2, 0) is 13.1 Å². The lowest BCUT2D eigenvalue weighted by molar-refractivity contribution is 0.593. The fraction of sp³-hybridized carbons (Fsp3) is 0.286. The average Bonchev–Trinajstić information content (AvgIpc) is 2.63. The zero-order valence-electron chi connectivity index (χ0n) is 10.2. The van der Waals surface area contributed by atoms with E-state index in [1.165, 1.54) is 6.07 Å². The first-order valence-corrected chi connectivity index (χ1v) is 5.72. The van der Waals surface area contributed by atoms with Crippen molar-refractivity contribution >= 4 is 0 Å². The topological polar surface area (TPSA) is 30.9 Å². The smallest absolute Gasteiger partial charge is 0.128 e. The van der Waals surface area contributed by atoms with E-state index in [4.69, 9.17) is 5.73 Å². The van der Waals surface area contributed by atoms with Crippen molar-refractivity contribution in [2.45, 2.75) is 26.9 Å². The zero-order valence-corrected chi connectivity index (χ0v) is 10.2. The van der Waals surface area contributed by atoms with Crippen LogP contribution >= 0.6 is 0 Å². The summed E-state index contributed by atoms with van der Waals surface area (Å²) in [6.45, 7) is 5.00. The minimum Gasteiger partial charge on any atom is -0.345 e. The molecule has 2 aromatic rings. The summed E-state index contributed by atoms with van der Waals surface area (Å²) in [4.78, 5) is 0. The van der Waals surface area contributed by atoms with Gasteiger partial charge in [-0.3, -0.25) is 0 Å². The number of nitrogens with two attached hydrogens (primary N) is 1. The Morgan fingerprint density at radius 2 is 1.76 bits per heavy atom. The maximum absolute atomic E-state index is 13.8. The molecule has 0 unspecified atom stereocenters. The van der Waals surface area contributed by atoms with Crippen LogP contribution in [0.1, 0.15) is 22.5 Å². The van der Waals surface area contributed by atoms with Gasteiger partial charge in [0.2, 0.25) is 0 Å². The lowest BCUT2D eigenvalue weighted by Gasteiger charge is -2.11. The van der Waals surface area contributed by atoms with Crippen LogP contribution in [-0.4, -0.2) is 4.57 Å². The summed E-state index contributed by atoms with van der Waals surface area (Å²) in [7, 11) is 0. The number of nitrogens with zero attached hydrogens (tertiary/aromatic N) is 1. The lowest BCUT2D eigenvalue weighted by atomic mass is 10.1. The Kier molecular flexibility index (Phi) is 3.29. The molecular weight excluding hydrogens is 215 g/mol. The number of benzene rings is 1. The van der Waals surface area contributed by atoms with Crippen LogP contribution < -0.4 is 5.73 Å². The average molecular weight is 232 g/mol. The van der Waals surface area contributed by atoms with Gasteiger partial charge in [0.1, 0.15) is 5.82 Å². The molecule has 0 spiro atoms. The third-order valence-corrected chi connectivity index (χ3v) is 3.10. The molecule has 2 N–H and O–H groups in total. The van der Waals surface area contributed by atoms with Crippen LogP contribution in [0.4, 0.5) is 4.39 Å². The molecular formula is C14H17FN2.